The number of sulfone groups is 1. The summed E-state index contributed by atoms with van der Waals surface area (Å²) in [6.45, 7) is 3.76. The number of aromatic nitrogens is 4. The van der Waals surface area contributed by atoms with Crippen LogP contribution >= 0.6 is 35.0 Å². The minimum atomic E-state index is -3.01. The molecule has 29 heavy (non-hydrogen) atoms. The van der Waals surface area contributed by atoms with Crippen LogP contribution in [0.25, 0.3) is 5.65 Å². The van der Waals surface area contributed by atoms with Crippen LogP contribution in [0.4, 0.5) is 0 Å². The van der Waals surface area contributed by atoms with Gasteiger partial charge in [-0.1, -0.05) is 35.0 Å². The molecular formula is C18H18Cl2N4O3S2. The number of carbonyl (C=O) groups is 1. The van der Waals surface area contributed by atoms with E-state index in [1.165, 1.54) is 11.8 Å². The summed E-state index contributed by atoms with van der Waals surface area (Å²) in [6.07, 6.45) is 2.23. The lowest BCUT2D eigenvalue weighted by Gasteiger charge is -2.16. The zero-order valence-electron chi connectivity index (χ0n) is 15.7. The highest BCUT2D eigenvalue weighted by Gasteiger charge is 2.31. The first-order valence-electron chi connectivity index (χ1n) is 8.91. The Morgan fingerprint density at radius 3 is 2.72 bits per heavy atom. The van der Waals surface area contributed by atoms with E-state index in [2.05, 4.69) is 10.2 Å². The molecule has 11 heteroatoms. The lowest BCUT2D eigenvalue weighted by atomic mass is 10.2. The maximum atomic E-state index is 12.9. The smallest absolute Gasteiger partial charge is 0.196 e. The Morgan fingerprint density at radius 2 is 2.03 bits per heavy atom. The summed E-state index contributed by atoms with van der Waals surface area (Å²) < 4.78 is 27.3. The molecule has 0 amide bonds. The fraction of sp³-hybridized carbons (Fsp3) is 0.389. The van der Waals surface area contributed by atoms with Crippen molar-refractivity contribution in [2.75, 3.05) is 17.3 Å². The van der Waals surface area contributed by atoms with Crippen LogP contribution < -0.4 is 0 Å². The van der Waals surface area contributed by atoms with Gasteiger partial charge in [0.25, 0.3) is 0 Å². The second kappa shape index (κ2) is 7.61. The Bertz CT molecular complexity index is 1230. The summed E-state index contributed by atoms with van der Waals surface area (Å²) in [7, 11) is -3.01. The van der Waals surface area contributed by atoms with Crippen LogP contribution in [0.5, 0.6) is 0 Å². The Labute approximate surface area is 182 Å². The summed E-state index contributed by atoms with van der Waals surface area (Å²) in [5, 5.41) is 9.50. The Balaban J connectivity index is 1.55. The van der Waals surface area contributed by atoms with Crippen LogP contribution in [0.3, 0.4) is 0 Å². The summed E-state index contributed by atoms with van der Waals surface area (Å²) in [6, 6.07) is 3.31. The number of carbonyl (C=O) groups excluding carboxylic acids is 1. The lowest BCUT2D eigenvalue weighted by molar-refractivity contribution is 0.102. The number of Topliss-reactive ketones (excluding diaryl/α,β-unsaturated/α-hetero) is 1. The number of rotatable bonds is 5. The van der Waals surface area contributed by atoms with Gasteiger partial charge in [-0.2, -0.15) is 0 Å². The van der Waals surface area contributed by atoms with Gasteiger partial charge in [-0.25, -0.2) is 8.42 Å². The fourth-order valence-corrected chi connectivity index (χ4v) is 6.81. The van der Waals surface area contributed by atoms with Gasteiger partial charge in [0.15, 0.2) is 26.4 Å². The Morgan fingerprint density at radius 1 is 1.28 bits per heavy atom. The zero-order chi connectivity index (χ0) is 20.9. The Hall–Kier alpha value is -1.55. The van der Waals surface area contributed by atoms with E-state index < -0.39 is 9.84 Å². The molecule has 0 spiro atoms. The highest BCUT2D eigenvalue weighted by atomic mass is 35.5. The van der Waals surface area contributed by atoms with Crippen molar-refractivity contribution in [3.05, 3.63) is 45.3 Å². The molecule has 1 aliphatic rings. The van der Waals surface area contributed by atoms with Crippen molar-refractivity contribution in [1.29, 1.82) is 0 Å². The maximum Gasteiger partial charge on any atom is 0.196 e. The molecule has 4 rings (SSSR count). The van der Waals surface area contributed by atoms with E-state index in [9.17, 15) is 13.2 Å². The van der Waals surface area contributed by atoms with E-state index in [4.69, 9.17) is 23.2 Å². The molecule has 0 bridgehead atoms. The molecule has 1 fully saturated rings. The number of thioether (sulfide) groups is 1. The largest absolute Gasteiger partial charge is 0.344 e. The molecule has 1 aliphatic heterocycles. The van der Waals surface area contributed by atoms with Gasteiger partial charge in [0.1, 0.15) is 0 Å². The van der Waals surface area contributed by atoms with Gasteiger partial charge < -0.3 is 4.57 Å². The summed E-state index contributed by atoms with van der Waals surface area (Å²) in [5.41, 5.74) is 2.77. The van der Waals surface area contributed by atoms with Gasteiger partial charge in [0.05, 0.1) is 27.3 Å². The first kappa shape index (κ1) is 20.7. The normalized spacial score (nSPS) is 18.6. The second-order valence-corrected chi connectivity index (χ2v) is 11.1. The predicted octanol–water partition coefficient (Wildman–Crippen LogP) is 3.79. The van der Waals surface area contributed by atoms with Crippen LogP contribution in [0.1, 0.15) is 34.2 Å². The number of fused-ring (bicyclic) bond motifs is 1. The molecule has 1 saturated heterocycles. The molecule has 1 atom stereocenters. The van der Waals surface area contributed by atoms with Gasteiger partial charge in [-0.3, -0.25) is 9.20 Å². The summed E-state index contributed by atoms with van der Waals surface area (Å²) >= 11 is 13.4. The van der Waals surface area contributed by atoms with Crippen molar-refractivity contribution in [3.63, 3.8) is 0 Å². The maximum absolute atomic E-state index is 12.9. The van der Waals surface area contributed by atoms with Gasteiger partial charge in [-0.05, 0) is 32.4 Å². The van der Waals surface area contributed by atoms with E-state index in [1.807, 2.05) is 24.5 Å². The van der Waals surface area contributed by atoms with Gasteiger partial charge in [-0.15, -0.1) is 10.2 Å². The van der Waals surface area contributed by atoms with Crippen molar-refractivity contribution < 1.29 is 13.2 Å². The molecule has 4 heterocycles. The van der Waals surface area contributed by atoms with Crippen molar-refractivity contribution in [2.45, 2.75) is 31.5 Å². The molecule has 0 saturated carbocycles. The SMILES string of the molecule is Cc1cc(C(=O)CSc2nnc3c(Cl)cc(Cl)cn23)c(C)n1C1CCS(=O)(=O)C1. The third-order valence-electron chi connectivity index (χ3n) is 5.09. The van der Waals surface area contributed by atoms with Crippen molar-refractivity contribution in [1.82, 2.24) is 19.2 Å². The van der Waals surface area contributed by atoms with Crippen LogP contribution in [-0.4, -0.2) is 50.6 Å². The number of hydrogen-bond acceptors (Lipinski definition) is 6. The highest BCUT2D eigenvalue weighted by molar-refractivity contribution is 7.99. The standard InChI is InChI=1S/C18H18Cl2N4O3S2/c1-10-5-14(11(2)24(10)13-3-4-29(26,27)9-13)16(25)8-28-18-22-21-17-15(20)6-12(19)7-23(17)18/h5-7,13H,3-4,8-9H2,1-2H3. The second-order valence-electron chi connectivity index (χ2n) is 7.11. The van der Waals surface area contributed by atoms with Gasteiger partial charge in [0, 0.05) is 29.2 Å². The molecule has 0 aliphatic carbocycles. The number of ketones is 1. The van der Waals surface area contributed by atoms with E-state index in [-0.39, 0.29) is 29.1 Å². The summed E-state index contributed by atoms with van der Waals surface area (Å²) in [5.74, 6) is 0.427. The van der Waals surface area contributed by atoms with E-state index >= 15 is 0 Å². The first-order valence-corrected chi connectivity index (χ1v) is 12.5. The molecule has 0 N–H and O–H groups in total. The molecule has 154 valence electrons. The van der Waals surface area contributed by atoms with Gasteiger partial charge in [0.2, 0.25) is 0 Å². The van der Waals surface area contributed by atoms with Gasteiger partial charge >= 0.3 is 0 Å². The molecule has 7 nitrogen and oxygen atoms in total. The molecule has 3 aromatic rings. The quantitative estimate of drug-likeness (QED) is 0.414. The van der Waals surface area contributed by atoms with Crippen LogP contribution in [0.2, 0.25) is 10.0 Å². The number of halogens is 2. The zero-order valence-corrected chi connectivity index (χ0v) is 18.9. The van der Waals surface area contributed by atoms with Crippen molar-refractivity contribution in [3.8, 4) is 0 Å². The topological polar surface area (TPSA) is 86.3 Å². The monoisotopic (exact) mass is 472 g/mol. The molecule has 0 radical (unpaired) electrons. The Kier molecular flexibility index (Phi) is 5.43. The van der Waals surface area contributed by atoms with Crippen molar-refractivity contribution >= 4 is 56.2 Å². The molecule has 0 aromatic carbocycles. The van der Waals surface area contributed by atoms with Crippen LogP contribution in [-0.2, 0) is 9.84 Å². The molecule has 1 unspecified atom stereocenters. The lowest BCUT2D eigenvalue weighted by Crippen LogP contribution is -2.14. The average Bonchev–Trinajstić information content (AvgIpc) is 3.28. The number of nitrogens with zero attached hydrogens (tertiary/aromatic N) is 4. The molecule has 3 aromatic heterocycles. The van der Waals surface area contributed by atoms with Crippen molar-refractivity contribution in [2.24, 2.45) is 0 Å². The average molecular weight is 473 g/mol. The van der Waals surface area contributed by atoms with E-state index in [0.717, 1.165) is 11.4 Å². The number of pyridine rings is 1. The molecular weight excluding hydrogens is 455 g/mol. The predicted molar refractivity (Wildman–Crippen MR) is 114 cm³/mol. The number of aryl methyl sites for hydroxylation is 1. The van der Waals surface area contributed by atoms with Crippen LogP contribution in [0.15, 0.2) is 23.5 Å². The summed E-state index contributed by atoms with van der Waals surface area (Å²) in [4.78, 5) is 12.9. The minimum Gasteiger partial charge on any atom is -0.344 e. The van der Waals surface area contributed by atoms with E-state index in [1.54, 1.807) is 16.7 Å². The third kappa shape index (κ3) is 3.93. The first-order chi connectivity index (χ1) is 13.7. The highest BCUT2D eigenvalue weighted by Crippen LogP contribution is 2.30. The van der Waals surface area contributed by atoms with E-state index in [0.29, 0.717) is 32.8 Å². The fourth-order valence-electron chi connectivity index (χ4n) is 3.81. The number of hydrogen-bond donors (Lipinski definition) is 0. The van der Waals surface area contributed by atoms with Crippen LogP contribution in [0, 0.1) is 13.8 Å². The third-order valence-corrected chi connectivity index (χ3v) is 8.26. The minimum absolute atomic E-state index is 0.0555.